The third-order valence-corrected chi connectivity index (χ3v) is 3.51. The van der Waals surface area contributed by atoms with Gasteiger partial charge in [0, 0.05) is 25.8 Å². The van der Waals surface area contributed by atoms with Gasteiger partial charge in [-0.15, -0.1) is 6.42 Å². The number of likely N-dealkylation sites (tertiary alicyclic amines) is 1. The lowest BCUT2D eigenvalue weighted by atomic mass is 9.97. The largest absolute Gasteiger partial charge is 0.444 e. The van der Waals surface area contributed by atoms with Gasteiger partial charge in [-0.2, -0.15) is 5.10 Å². The summed E-state index contributed by atoms with van der Waals surface area (Å²) in [5, 5.41) is 4.25. The Balaban J connectivity index is 1.80. The molecular formula is C16H23N3O2. The molecule has 0 spiro atoms. The van der Waals surface area contributed by atoms with Crippen molar-refractivity contribution in [3.05, 3.63) is 18.0 Å². The van der Waals surface area contributed by atoms with E-state index in [0.717, 1.165) is 38.0 Å². The maximum Gasteiger partial charge on any atom is 0.410 e. The summed E-state index contributed by atoms with van der Waals surface area (Å²) in [6, 6.07) is 0. The minimum absolute atomic E-state index is 0.213. The lowest BCUT2D eigenvalue weighted by Gasteiger charge is -2.33. The number of rotatable bonds is 2. The van der Waals surface area contributed by atoms with Gasteiger partial charge in [-0.05, 0) is 39.5 Å². The lowest BCUT2D eigenvalue weighted by molar-refractivity contribution is 0.0177. The third kappa shape index (κ3) is 4.52. The van der Waals surface area contributed by atoms with Crippen LogP contribution in [0.15, 0.2) is 12.4 Å². The Morgan fingerprint density at radius 2 is 2.14 bits per heavy atom. The van der Waals surface area contributed by atoms with Crippen LogP contribution in [-0.2, 0) is 11.3 Å². The molecule has 0 atom stereocenters. The van der Waals surface area contributed by atoms with E-state index in [-0.39, 0.29) is 6.09 Å². The molecule has 114 valence electrons. The molecule has 1 aliphatic heterocycles. The Morgan fingerprint density at radius 1 is 1.48 bits per heavy atom. The van der Waals surface area contributed by atoms with E-state index in [1.165, 1.54) is 0 Å². The first kappa shape index (κ1) is 15.4. The molecule has 21 heavy (non-hydrogen) atoms. The number of carbonyl (C=O) groups is 1. The molecule has 5 heteroatoms. The molecule has 1 aliphatic rings. The van der Waals surface area contributed by atoms with Crippen molar-refractivity contribution < 1.29 is 9.53 Å². The number of hydrogen-bond acceptors (Lipinski definition) is 3. The van der Waals surface area contributed by atoms with Gasteiger partial charge in [0.2, 0.25) is 0 Å². The second kappa shape index (κ2) is 6.21. The number of nitrogens with zero attached hydrogens (tertiary/aromatic N) is 3. The van der Waals surface area contributed by atoms with Crippen molar-refractivity contribution in [2.75, 3.05) is 13.1 Å². The van der Waals surface area contributed by atoms with E-state index in [1.807, 2.05) is 31.6 Å². The molecule has 1 fully saturated rings. The quantitative estimate of drug-likeness (QED) is 0.786. The molecule has 2 rings (SSSR count). The molecule has 1 aromatic heterocycles. The smallest absolute Gasteiger partial charge is 0.410 e. The fraction of sp³-hybridized carbons (Fsp3) is 0.625. The van der Waals surface area contributed by atoms with E-state index >= 15 is 0 Å². The summed E-state index contributed by atoms with van der Waals surface area (Å²) in [5.41, 5.74) is 0.371. The zero-order valence-corrected chi connectivity index (χ0v) is 13.0. The molecule has 0 radical (unpaired) electrons. The molecule has 0 N–H and O–H groups in total. The highest BCUT2D eigenvalue weighted by atomic mass is 16.6. The Kier molecular flexibility index (Phi) is 4.56. The molecule has 1 aromatic rings. The van der Waals surface area contributed by atoms with Gasteiger partial charge in [0.1, 0.15) is 5.60 Å². The standard InChI is InChI=1S/C16H23N3O2/c1-5-13-10-17-19(11-13)12-14-6-8-18(9-7-14)15(20)21-16(2,3)4/h1,10-11,14H,6-9,12H2,2-4H3. The maximum absolute atomic E-state index is 12.0. The minimum Gasteiger partial charge on any atom is -0.444 e. The Hall–Kier alpha value is -1.96. The number of ether oxygens (including phenoxy) is 1. The van der Waals surface area contributed by atoms with E-state index < -0.39 is 5.60 Å². The van der Waals surface area contributed by atoms with Crippen LogP contribution >= 0.6 is 0 Å². The first-order valence-corrected chi connectivity index (χ1v) is 7.34. The molecule has 0 saturated carbocycles. The van der Waals surface area contributed by atoms with Gasteiger partial charge in [-0.1, -0.05) is 5.92 Å². The summed E-state index contributed by atoms with van der Waals surface area (Å²) in [7, 11) is 0. The van der Waals surface area contributed by atoms with E-state index in [9.17, 15) is 4.79 Å². The van der Waals surface area contributed by atoms with Crippen molar-refractivity contribution in [3.8, 4) is 12.3 Å². The molecule has 0 bridgehead atoms. The fourth-order valence-electron chi connectivity index (χ4n) is 2.43. The second-order valence-corrected chi connectivity index (χ2v) is 6.51. The van der Waals surface area contributed by atoms with E-state index in [2.05, 4.69) is 11.0 Å². The number of carbonyl (C=O) groups excluding carboxylic acids is 1. The van der Waals surface area contributed by atoms with Crippen LogP contribution in [-0.4, -0.2) is 39.5 Å². The molecule has 0 unspecified atom stereocenters. The fourth-order valence-corrected chi connectivity index (χ4v) is 2.43. The van der Waals surface area contributed by atoms with Crippen LogP contribution in [0.2, 0.25) is 0 Å². The van der Waals surface area contributed by atoms with Gasteiger partial charge >= 0.3 is 6.09 Å². The summed E-state index contributed by atoms with van der Waals surface area (Å²) in [4.78, 5) is 13.8. The molecule has 0 aliphatic carbocycles. The van der Waals surface area contributed by atoms with Gasteiger partial charge in [-0.3, -0.25) is 4.68 Å². The number of hydrogen-bond donors (Lipinski definition) is 0. The van der Waals surface area contributed by atoms with Gasteiger partial charge < -0.3 is 9.64 Å². The Labute approximate surface area is 126 Å². The first-order chi connectivity index (χ1) is 9.87. The molecule has 0 aromatic carbocycles. The highest BCUT2D eigenvalue weighted by Gasteiger charge is 2.26. The van der Waals surface area contributed by atoms with Crippen molar-refractivity contribution >= 4 is 6.09 Å². The van der Waals surface area contributed by atoms with E-state index in [1.54, 1.807) is 11.1 Å². The summed E-state index contributed by atoms with van der Waals surface area (Å²) >= 11 is 0. The zero-order chi connectivity index (χ0) is 15.5. The Bertz CT molecular complexity index is 528. The highest BCUT2D eigenvalue weighted by molar-refractivity contribution is 5.68. The van der Waals surface area contributed by atoms with Crippen LogP contribution in [0, 0.1) is 18.3 Å². The van der Waals surface area contributed by atoms with E-state index in [0.29, 0.717) is 5.92 Å². The average molecular weight is 289 g/mol. The summed E-state index contributed by atoms with van der Waals surface area (Å²) < 4.78 is 7.29. The number of aromatic nitrogens is 2. The lowest BCUT2D eigenvalue weighted by Crippen LogP contribution is -2.42. The number of amides is 1. The third-order valence-electron chi connectivity index (χ3n) is 3.51. The van der Waals surface area contributed by atoms with Crippen molar-refractivity contribution in [1.29, 1.82) is 0 Å². The molecule has 1 saturated heterocycles. The van der Waals surface area contributed by atoms with Crippen LogP contribution in [0.4, 0.5) is 4.79 Å². The normalized spacial score (nSPS) is 16.6. The average Bonchev–Trinajstić information content (AvgIpc) is 2.85. The van der Waals surface area contributed by atoms with Crippen LogP contribution in [0.3, 0.4) is 0 Å². The van der Waals surface area contributed by atoms with Gasteiger partial charge in [0.25, 0.3) is 0 Å². The molecule has 5 nitrogen and oxygen atoms in total. The van der Waals surface area contributed by atoms with Crippen molar-refractivity contribution in [2.45, 2.75) is 45.8 Å². The van der Waals surface area contributed by atoms with Crippen LogP contribution < -0.4 is 0 Å². The van der Waals surface area contributed by atoms with Crippen LogP contribution in [0.25, 0.3) is 0 Å². The zero-order valence-electron chi connectivity index (χ0n) is 13.0. The predicted molar refractivity (Wildman–Crippen MR) is 80.7 cm³/mol. The van der Waals surface area contributed by atoms with Gasteiger partial charge in [-0.25, -0.2) is 4.79 Å². The SMILES string of the molecule is C#Cc1cnn(CC2CCN(C(=O)OC(C)(C)C)CC2)c1. The highest BCUT2D eigenvalue weighted by Crippen LogP contribution is 2.21. The molecular weight excluding hydrogens is 266 g/mol. The van der Waals surface area contributed by atoms with Crippen molar-refractivity contribution in [3.63, 3.8) is 0 Å². The second-order valence-electron chi connectivity index (χ2n) is 6.51. The summed E-state index contributed by atoms with van der Waals surface area (Å²) in [6.07, 6.45) is 10.6. The number of terminal acetylenes is 1. The topological polar surface area (TPSA) is 47.4 Å². The summed E-state index contributed by atoms with van der Waals surface area (Å²) in [6.45, 7) is 7.99. The van der Waals surface area contributed by atoms with Crippen LogP contribution in [0.5, 0.6) is 0 Å². The number of piperidine rings is 1. The molecule has 2 heterocycles. The first-order valence-electron chi connectivity index (χ1n) is 7.34. The molecule has 1 amide bonds. The van der Waals surface area contributed by atoms with Crippen molar-refractivity contribution in [1.82, 2.24) is 14.7 Å². The Morgan fingerprint density at radius 3 is 2.67 bits per heavy atom. The minimum atomic E-state index is -0.436. The summed E-state index contributed by atoms with van der Waals surface area (Å²) in [5.74, 6) is 3.10. The maximum atomic E-state index is 12.0. The van der Waals surface area contributed by atoms with E-state index in [4.69, 9.17) is 11.2 Å². The monoisotopic (exact) mass is 289 g/mol. The van der Waals surface area contributed by atoms with Gasteiger partial charge in [0.05, 0.1) is 11.8 Å². The van der Waals surface area contributed by atoms with Gasteiger partial charge in [0.15, 0.2) is 0 Å². The van der Waals surface area contributed by atoms with Crippen LogP contribution in [0.1, 0.15) is 39.2 Å². The predicted octanol–water partition coefficient (Wildman–Crippen LogP) is 2.51. The van der Waals surface area contributed by atoms with Crippen molar-refractivity contribution in [2.24, 2.45) is 5.92 Å².